The molecule has 1 fully saturated rings. The van der Waals surface area contributed by atoms with Crippen molar-refractivity contribution in [2.24, 2.45) is 0 Å². The molecule has 1 heterocycles. The maximum absolute atomic E-state index is 12.1. The lowest BCUT2D eigenvalue weighted by atomic mass is 10.0. The van der Waals surface area contributed by atoms with E-state index in [1.54, 1.807) is 7.05 Å². The molecule has 0 saturated carbocycles. The molecule has 0 aromatic heterocycles. The van der Waals surface area contributed by atoms with E-state index in [1.165, 1.54) is 16.7 Å². The van der Waals surface area contributed by atoms with Gasteiger partial charge in [-0.15, -0.1) is 0 Å². The third kappa shape index (κ3) is 2.34. The zero-order valence-electron chi connectivity index (χ0n) is 12.3. The lowest BCUT2D eigenvalue weighted by Crippen LogP contribution is -2.58. The highest BCUT2D eigenvalue weighted by molar-refractivity contribution is 5.82. The number of likely N-dealkylation sites (N-methyl/N-ethyl adjacent to an activating group) is 1. The third-order valence-electron chi connectivity index (χ3n) is 4.58. The zero-order chi connectivity index (χ0) is 14.1. The molecule has 1 aromatic carbocycles. The van der Waals surface area contributed by atoms with Crippen molar-refractivity contribution in [1.82, 2.24) is 15.5 Å². The predicted octanol–water partition coefficient (Wildman–Crippen LogP) is 1.00. The van der Waals surface area contributed by atoms with E-state index in [0.29, 0.717) is 6.04 Å². The molecule has 2 atom stereocenters. The first kappa shape index (κ1) is 13.6. The Kier molecular flexibility index (Phi) is 3.76. The first-order valence-corrected chi connectivity index (χ1v) is 7.48. The summed E-state index contributed by atoms with van der Waals surface area (Å²) in [7, 11) is 1.72. The normalized spacial score (nSPS) is 26.3. The van der Waals surface area contributed by atoms with Gasteiger partial charge in [-0.1, -0.05) is 23.8 Å². The van der Waals surface area contributed by atoms with Crippen LogP contribution >= 0.6 is 0 Å². The van der Waals surface area contributed by atoms with Gasteiger partial charge in [0.25, 0.3) is 0 Å². The Hall–Kier alpha value is -1.39. The molecule has 1 aromatic rings. The second-order valence-electron chi connectivity index (χ2n) is 5.83. The Bertz CT molecular complexity index is 514. The molecule has 20 heavy (non-hydrogen) atoms. The second-order valence-corrected chi connectivity index (χ2v) is 5.83. The number of nitrogens with zero attached hydrogens (tertiary/aromatic N) is 1. The van der Waals surface area contributed by atoms with E-state index >= 15 is 0 Å². The Morgan fingerprint density at radius 2 is 2.30 bits per heavy atom. The summed E-state index contributed by atoms with van der Waals surface area (Å²) in [6.45, 7) is 4.79. The van der Waals surface area contributed by atoms with Gasteiger partial charge < -0.3 is 10.6 Å². The van der Waals surface area contributed by atoms with Crippen molar-refractivity contribution in [2.45, 2.75) is 31.8 Å². The smallest absolute Gasteiger partial charge is 0.238 e. The Balaban J connectivity index is 1.89. The summed E-state index contributed by atoms with van der Waals surface area (Å²) in [6.07, 6.45) is 2.26. The number of carbonyl (C=O) groups is 1. The SMILES string of the molecule is CNC(=O)C1CNCCN1C1CCc2ccc(C)cc21. The minimum Gasteiger partial charge on any atom is -0.358 e. The molecule has 108 valence electrons. The van der Waals surface area contributed by atoms with E-state index in [2.05, 4.69) is 40.7 Å². The molecular weight excluding hydrogens is 250 g/mol. The van der Waals surface area contributed by atoms with Crippen LogP contribution in [0.5, 0.6) is 0 Å². The molecule has 1 aliphatic carbocycles. The van der Waals surface area contributed by atoms with Crippen LogP contribution in [0.25, 0.3) is 0 Å². The fourth-order valence-electron chi connectivity index (χ4n) is 3.55. The molecule has 0 radical (unpaired) electrons. The monoisotopic (exact) mass is 273 g/mol. The lowest BCUT2D eigenvalue weighted by Gasteiger charge is -2.39. The van der Waals surface area contributed by atoms with Crippen LogP contribution in [0.1, 0.15) is 29.2 Å². The molecule has 2 aliphatic rings. The molecule has 4 nitrogen and oxygen atoms in total. The summed E-state index contributed by atoms with van der Waals surface area (Å²) in [5.41, 5.74) is 4.19. The van der Waals surface area contributed by atoms with Crippen LogP contribution in [-0.2, 0) is 11.2 Å². The van der Waals surface area contributed by atoms with Gasteiger partial charge in [-0.2, -0.15) is 0 Å². The third-order valence-corrected chi connectivity index (χ3v) is 4.58. The Morgan fingerprint density at radius 3 is 3.10 bits per heavy atom. The lowest BCUT2D eigenvalue weighted by molar-refractivity contribution is -0.127. The van der Waals surface area contributed by atoms with Crippen molar-refractivity contribution in [3.05, 3.63) is 34.9 Å². The number of nitrogens with one attached hydrogen (secondary N) is 2. The average Bonchev–Trinajstić information content (AvgIpc) is 2.89. The van der Waals surface area contributed by atoms with Crippen molar-refractivity contribution in [3.63, 3.8) is 0 Å². The Morgan fingerprint density at radius 1 is 1.45 bits per heavy atom. The summed E-state index contributed by atoms with van der Waals surface area (Å²) >= 11 is 0. The van der Waals surface area contributed by atoms with Crippen molar-refractivity contribution < 1.29 is 4.79 Å². The summed E-state index contributed by atoms with van der Waals surface area (Å²) in [4.78, 5) is 14.5. The number of hydrogen-bond donors (Lipinski definition) is 2. The molecule has 1 aliphatic heterocycles. The maximum Gasteiger partial charge on any atom is 0.238 e. The summed E-state index contributed by atoms with van der Waals surface area (Å²) in [6, 6.07) is 7.09. The summed E-state index contributed by atoms with van der Waals surface area (Å²) in [5, 5.41) is 6.14. The van der Waals surface area contributed by atoms with Crippen LogP contribution in [0.2, 0.25) is 0 Å². The fourth-order valence-corrected chi connectivity index (χ4v) is 3.55. The standard InChI is InChI=1S/C16H23N3O/c1-11-3-4-12-5-6-14(13(12)9-11)19-8-7-18-10-15(19)16(20)17-2/h3-4,9,14-15,18H,5-8,10H2,1-2H3,(H,17,20). The first-order valence-electron chi connectivity index (χ1n) is 7.48. The number of fused-ring (bicyclic) bond motifs is 1. The predicted molar refractivity (Wildman–Crippen MR) is 79.7 cm³/mol. The van der Waals surface area contributed by atoms with Crippen molar-refractivity contribution in [3.8, 4) is 0 Å². The van der Waals surface area contributed by atoms with Gasteiger partial charge in [-0.3, -0.25) is 9.69 Å². The van der Waals surface area contributed by atoms with Crippen LogP contribution in [0.15, 0.2) is 18.2 Å². The van der Waals surface area contributed by atoms with E-state index < -0.39 is 0 Å². The van der Waals surface area contributed by atoms with Gasteiger partial charge in [0.2, 0.25) is 5.91 Å². The van der Waals surface area contributed by atoms with E-state index in [0.717, 1.165) is 32.5 Å². The highest BCUT2D eigenvalue weighted by Crippen LogP contribution is 2.37. The van der Waals surface area contributed by atoms with Gasteiger partial charge in [-0.25, -0.2) is 0 Å². The van der Waals surface area contributed by atoms with E-state index in [1.807, 2.05) is 0 Å². The number of rotatable bonds is 2. The van der Waals surface area contributed by atoms with Crippen LogP contribution < -0.4 is 10.6 Å². The van der Waals surface area contributed by atoms with Gasteiger partial charge in [0, 0.05) is 32.7 Å². The highest BCUT2D eigenvalue weighted by atomic mass is 16.2. The van der Waals surface area contributed by atoms with Crippen LogP contribution in [-0.4, -0.2) is 43.5 Å². The minimum atomic E-state index is -0.0507. The van der Waals surface area contributed by atoms with Crippen molar-refractivity contribution >= 4 is 5.91 Å². The number of carbonyl (C=O) groups excluding carboxylic acids is 1. The highest BCUT2D eigenvalue weighted by Gasteiger charge is 2.36. The fraction of sp³-hybridized carbons (Fsp3) is 0.562. The van der Waals surface area contributed by atoms with E-state index in [9.17, 15) is 4.79 Å². The molecule has 0 spiro atoms. The van der Waals surface area contributed by atoms with Gasteiger partial charge in [0.15, 0.2) is 0 Å². The topological polar surface area (TPSA) is 44.4 Å². The van der Waals surface area contributed by atoms with Crippen molar-refractivity contribution in [2.75, 3.05) is 26.7 Å². The number of amides is 1. The molecule has 3 rings (SSSR count). The Labute approximate surface area is 120 Å². The number of benzene rings is 1. The van der Waals surface area contributed by atoms with Gasteiger partial charge in [-0.05, 0) is 30.9 Å². The zero-order valence-corrected chi connectivity index (χ0v) is 12.3. The quantitative estimate of drug-likeness (QED) is 0.845. The molecule has 1 amide bonds. The largest absolute Gasteiger partial charge is 0.358 e. The molecule has 4 heteroatoms. The summed E-state index contributed by atoms with van der Waals surface area (Å²) < 4.78 is 0. The van der Waals surface area contributed by atoms with Crippen LogP contribution in [0, 0.1) is 6.92 Å². The molecule has 2 N–H and O–H groups in total. The van der Waals surface area contributed by atoms with Gasteiger partial charge in [0.05, 0.1) is 0 Å². The number of piperazine rings is 1. The van der Waals surface area contributed by atoms with Crippen molar-refractivity contribution in [1.29, 1.82) is 0 Å². The average molecular weight is 273 g/mol. The number of hydrogen-bond acceptors (Lipinski definition) is 3. The second kappa shape index (κ2) is 5.54. The van der Waals surface area contributed by atoms with E-state index in [4.69, 9.17) is 0 Å². The summed E-state index contributed by atoms with van der Waals surface area (Å²) in [5.74, 6) is 0.123. The van der Waals surface area contributed by atoms with Gasteiger partial charge >= 0.3 is 0 Å². The first-order chi connectivity index (χ1) is 9.70. The molecule has 2 unspecified atom stereocenters. The molecule has 0 bridgehead atoms. The maximum atomic E-state index is 12.1. The van der Waals surface area contributed by atoms with Crippen LogP contribution in [0.3, 0.4) is 0 Å². The minimum absolute atomic E-state index is 0.0507. The van der Waals surface area contributed by atoms with Gasteiger partial charge in [0.1, 0.15) is 6.04 Å². The number of aryl methyl sites for hydroxylation is 2. The molecular formula is C16H23N3O. The molecule has 1 saturated heterocycles. The van der Waals surface area contributed by atoms with Crippen LogP contribution in [0.4, 0.5) is 0 Å². The van der Waals surface area contributed by atoms with E-state index in [-0.39, 0.29) is 11.9 Å².